The van der Waals surface area contributed by atoms with Crippen LogP contribution < -0.4 is 5.32 Å². The quantitative estimate of drug-likeness (QED) is 0.618. The largest absolute Gasteiger partial charge is 0.452 e. The Morgan fingerprint density at radius 3 is 2.47 bits per heavy atom. The maximum atomic E-state index is 12.8. The van der Waals surface area contributed by atoms with Crippen molar-refractivity contribution in [2.24, 2.45) is 0 Å². The summed E-state index contributed by atoms with van der Waals surface area (Å²) in [6.45, 7) is 4.09. The zero-order chi connectivity index (χ0) is 21.9. The van der Waals surface area contributed by atoms with Gasteiger partial charge in [0.15, 0.2) is 6.61 Å². The summed E-state index contributed by atoms with van der Waals surface area (Å²) < 4.78 is 32.8. The fourth-order valence-electron chi connectivity index (χ4n) is 3.18. The summed E-state index contributed by atoms with van der Waals surface area (Å²) in [5.74, 6) is -1.24. The van der Waals surface area contributed by atoms with Gasteiger partial charge in [0.25, 0.3) is 5.91 Å². The molecule has 0 saturated carbocycles. The van der Waals surface area contributed by atoms with Crippen molar-refractivity contribution in [2.75, 3.05) is 25.0 Å². The van der Waals surface area contributed by atoms with Crippen LogP contribution in [0.25, 0.3) is 0 Å². The molecule has 9 heteroatoms. The maximum Gasteiger partial charge on any atom is 0.338 e. The monoisotopic (exact) mass is 494 g/mol. The van der Waals surface area contributed by atoms with Gasteiger partial charge in [-0.25, -0.2) is 13.2 Å². The number of anilines is 1. The second kappa shape index (κ2) is 9.28. The fraction of sp³-hybridized carbons (Fsp3) is 0.333. The van der Waals surface area contributed by atoms with Crippen molar-refractivity contribution < 1.29 is 22.7 Å². The number of sulfonamides is 1. The number of nitrogens with one attached hydrogen (secondary N) is 1. The van der Waals surface area contributed by atoms with Crippen LogP contribution in [0.5, 0.6) is 0 Å². The first-order valence-corrected chi connectivity index (χ1v) is 11.8. The van der Waals surface area contributed by atoms with Gasteiger partial charge in [-0.2, -0.15) is 4.31 Å². The molecule has 1 heterocycles. The minimum Gasteiger partial charge on any atom is -0.452 e. The highest BCUT2D eigenvalue weighted by molar-refractivity contribution is 9.10. The van der Waals surface area contributed by atoms with Crippen LogP contribution in [0, 0.1) is 13.8 Å². The average molecular weight is 495 g/mol. The van der Waals surface area contributed by atoms with Crippen LogP contribution >= 0.6 is 15.9 Å². The number of carbonyl (C=O) groups is 2. The van der Waals surface area contributed by atoms with Crippen LogP contribution in [0.2, 0.25) is 0 Å². The molecule has 30 heavy (non-hydrogen) atoms. The van der Waals surface area contributed by atoms with Crippen molar-refractivity contribution in [2.45, 2.75) is 31.6 Å². The number of benzene rings is 2. The van der Waals surface area contributed by atoms with E-state index in [9.17, 15) is 18.0 Å². The molecule has 1 aliphatic heterocycles. The summed E-state index contributed by atoms with van der Waals surface area (Å²) in [4.78, 5) is 24.7. The SMILES string of the molecule is Cc1ccc(NC(=O)COC(=O)c2cc(S(=O)(=O)N3CCCC3)ccc2C)c(Br)c1. The minimum absolute atomic E-state index is 0.0509. The van der Waals surface area contributed by atoms with Crippen molar-refractivity contribution in [1.29, 1.82) is 0 Å². The molecule has 1 aliphatic rings. The first kappa shape index (κ1) is 22.5. The number of esters is 1. The van der Waals surface area contributed by atoms with E-state index in [0.29, 0.717) is 24.3 Å². The Morgan fingerprint density at radius 2 is 1.80 bits per heavy atom. The van der Waals surface area contributed by atoms with Crippen LogP contribution in [0.15, 0.2) is 45.8 Å². The molecule has 0 aliphatic carbocycles. The van der Waals surface area contributed by atoms with Gasteiger partial charge in [0.1, 0.15) is 0 Å². The van der Waals surface area contributed by atoms with E-state index in [2.05, 4.69) is 21.2 Å². The number of halogens is 1. The lowest BCUT2D eigenvalue weighted by atomic mass is 10.1. The molecule has 1 fully saturated rings. The molecule has 0 aromatic heterocycles. The zero-order valence-electron chi connectivity index (χ0n) is 16.8. The van der Waals surface area contributed by atoms with Crippen LogP contribution in [0.3, 0.4) is 0 Å². The van der Waals surface area contributed by atoms with Gasteiger partial charge < -0.3 is 10.1 Å². The van der Waals surface area contributed by atoms with Crippen molar-refractivity contribution in [3.05, 3.63) is 57.6 Å². The average Bonchev–Trinajstić information content (AvgIpc) is 3.24. The Bertz CT molecular complexity index is 1080. The highest BCUT2D eigenvalue weighted by atomic mass is 79.9. The normalized spacial score (nSPS) is 14.5. The topological polar surface area (TPSA) is 92.8 Å². The number of carbonyl (C=O) groups excluding carboxylic acids is 2. The van der Waals surface area contributed by atoms with E-state index in [1.54, 1.807) is 19.1 Å². The van der Waals surface area contributed by atoms with Crippen LogP contribution in [0.4, 0.5) is 5.69 Å². The standard InChI is InChI=1S/C21H23BrN2O5S/c1-14-5-8-19(18(22)11-14)23-20(25)13-29-21(26)17-12-16(7-6-15(17)2)30(27,28)24-9-3-4-10-24/h5-8,11-12H,3-4,9-10,13H2,1-2H3,(H,23,25). The first-order valence-electron chi connectivity index (χ1n) is 9.52. The van der Waals surface area contributed by atoms with E-state index in [4.69, 9.17) is 4.74 Å². The molecule has 1 N–H and O–H groups in total. The molecular weight excluding hydrogens is 472 g/mol. The smallest absolute Gasteiger partial charge is 0.338 e. The van der Waals surface area contributed by atoms with Crippen molar-refractivity contribution in [3.8, 4) is 0 Å². The van der Waals surface area contributed by atoms with Gasteiger partial charge in [-0.05, 0) is 78.0 Å². The van der Waals surface area contributed by atoms with Crippen LogP contribution in [-0.4, -0.2) is 44.3 Å². The second-order valence-corrected chi connectivity index (χ2v) is 9.99. The first-order chi connectivity index (χ1) is 14.2. The van der Waals surface area contributed by atoms with E-state index in [0.717, 1.165) is 22.9 Å². The fourth-order valence-corrected chi connectivity index (χ4v) is 5.31. The molecule has 0 radical (unpaired) electrons. The summed E-state index contributed by atoms with van der Waals surface area (Å²) in [5, 5.41) is 2.67. The van der Waals surface area contributed by atoms with E-state index in [-0.39, 0.29) is 10.5 Å². The number of hydrogen-bond donors (Lipinski definition) is 1. The number of aryl methyl sites for hydroxylation is 2. The van der Waals surface area contributed by atoms with Gasteiger partial charge in [0.05, 0.1) is 16.1 Å². The molecule has 3 rings (SSSR count). The maximum absolute atomic E-state index is 12.8. The third-order valence-electron chi connectivity index (χ3n) is 4.86. The molecule has 0 bridgehead atoms. The van der Waals surface area contributed by atoms with E-state index >= 15 is 0 Å². The lowest BCUT2D eigenvalue weighted by Gasteiger charge is -2.16. The predicted molar refractivity (Wildman–Crippen MR) is 117 cm³/mol. The lowest BCUT2D eigenvalue weighted by Crippen LogP contribution is -2.28. The summed E-state index contributed by atoms with van der Waals surface area (Å²) in [7, 11) is -3.65. The number of hydrogen-bond acceptors (Lipinski definition) is 5. The highest BCUT2D eigenvalue weighted by Crippen LogP contribution is 2.24. The number of amides is 1. The summed E-state index contributed by atoms with van der Waals surface area (Å²) in [6.07, 6.45) is 1.65. The van der Waals surface area contributed by atoms with Gasteiger partial charge in [-0.15, -0.1) is 0 Å². The van der Waals surface area contributed by atoms with Crippen LogP contribution in [-0.2, 0) is 19.6 Å². The Labute approximate surface area is 184 Å². The van der Waals surface area contributed by atoms with Crippen molar-refractivity contribution >= 4 is 43.5 Å². The van der Waals surface area contributed by atoms with Crippen LogP contribution in [0.1, 0.15) is 34.3 Å². The molecule has 0 atom stereocenters. The van der Waals surface area contributed by atoms with Gasteiger partial charge >= 0.3 is 5.97 Å². The Morgan fingerprint density at radius 1 is 1.10 bits per heavy atom. The van der Waals surface area contributed by atoms with Gasteiger partial charge in [-0.3, -0.25) is 4.79 Å². The Balaban J connectivity index is 1.68. The van der Waals surface area contributed by atoms with E-state index in [1.165, 1.54) is 16.4 Å². The summed E-state index contributed by atoms with van der Waals surface area (Å²) >= 11 is 3.37. The predicted octanol–water partition coefficient (Wildman–Crippen LogP) is 3.65. The van der Waals surface area contributed by atoms with Crippen molar-refractivity contribution in [3.63, 3.8) is 0 Å². The molecule has 7 nitrogen and oxygen atoms in total. The third-order valence-corrected chi connectivity index (χ3v) is 7.42. The molecule has 0 unspecified atom stereocenters. The molecule has 2 aromatic rings. The summed E-state index contributed by atoms with van der Waals surface area (Å²) in [5.41, 5.74) is 2.30. The van der Waals surface area contributed by atoms with Gasteiger partial charge in [0, 0.05) is 17.6 Å². The molecule has 0 spiro atoms. The second-order valence-electron chi connectivity index (χ2n) is 7.20. The third kappa shape index (κ3) is 5.08. The van der Waals surface area contributed by atoms with E-state index < -0.39 is 28.5 Å². The minimum atomic E-state index is -3.65. The zero-order valence-corrected chi connectivity index (χ0v) is 19.2. The van der Waals surface area contributed by atoms with Crippen molar-refractivity contribution in [1.82, 2.24) is 4.31 Å². The Hall–Kier alpha value is -2.23. The number of ether oxygens (including phenoxy) is 1. The Kier molecular flexibility index (Phi) is 6.95. The van der Waals surface area contributed by atoms with Gasteiger partial charge in [-0.1, -0.05) is 12.1 Å². The van der Waals surface area contributed by atoms with E-state index in [1.807, 2.05) is 19.1 Å². The molecule has 1 saturated heterocycles. The lowest BCUT2D eigenvalue weighted by molar-refractivity contribution is -0.119. The highest BCUT2D eigenvalue weighted by Gasteiger charge is 2.28. The molecular formula is C21H23BrN2O5S. The summed E-state index contributed by atoms with van der Waals surface area (Å²) in [6, 6.07) is 9.83. The molecule has 1 amide bonds. The number of nitrogens with zero attached hydrogens (tertiary/aromatic N) is 1. The number of rotatable bonds is 6. The van der Waals surface area contributed by atoms with Gasteiger partial charge in [0.2, 0.25) is 10.0 Å². The molecule has 160 valence electrons. The molecule has 2 aromatic carbocycles.